The summed E-state index contributed by atoms with van der Waals surface area (Å²) < 4.78 is 3.90. The van der Waals surface area contributed by atoms with Crippen LogP contribution in [0, 0.1) is 13.8 Å². The van der Waals surface area contributed by atoms with Crippen molar-refractivity contribution in [2.45, 2.75) is 39.9 Å². The molecule has 134 valence electrons. The quantitative estimate of drug-likeness (QED) is 0.726. The van der Waals surface area contributed by atoms with Crippen LogP contribution in [0.15, 0.2) is 36.9 Å². The van der Waals surface area contributed by atoms with E-state index in [4.69, 9.17) is 0 Å². The zero-order chi connectivity index (χ0) is 18.1. The van der Waals surface area contributed by atoms with E-state index < -0.39 is 0 Å². The van der Waals surface area contributed by atoms with Crippen molar-refractivity contribution < 1.29 is 4.79 Å². The molecule has 2 aromatic heterocycles. The van der Waals surface area contributed by atoms with Gasteiger partial charge in [0.05, 0.1) is 25.1 Å². The van der Waals surface area contributed by atoms with Gasteiger partial charge in [0, 0.05) is 31.0 Å². The lowest BCUT2D eigenvalue weighted by atomic mass is 10.1. The first kappa shape index (κ1) is 16.5. The number of hydrogen-bond donors (Lipinski definition) is 0. The van der Waals surface area contributed by atoms with Crippen molar-refractivity contribution in [1.82, 2.24) is 29.4 Å². The number of rotatable bonds is 3. The summed E-state index contributed by atoms with van der Waals surface area (Å²) in [5.74, 6) is 0.0695. The van der Waals surface area contributed by atoms with Gasteiger partial charge in [0.15, 0.2) is 0 Å². The van der Waals surface area contributed by atoms with Crippen molar-refractivity contribution in [3.05, 3.63) is 65.0 Å². The Hall–Kier alpha value is -2.96. The molecule has 26 heavy (non-hydrogen) atoms. The summed E-state index contributed by atoms with van der Waals surface area (Å²) in [6, 6.07) is 6.01. The molecular weight excluding hydrogens is 328 g/mol. The van der Waals surface area contributed by atoms with Gasteiger partial charge in [-0.15, -0.1) is 5.10 Å². The zero-order valence-corrected chi connectivity index (χ0v) is 15.1. The second-order valence-electron chi connectivity index (χ2n) is 6.90. The number of aryl methyl sites for hydroxylation is 3. The molecule has 0 aliphatic carbocycles. The van der Waals surface area contributed by atoms with Gasteiger partial charge in [-0.3, -0.25) is 4.79 Å². The van der Waals surface area contributed by atoms with Crippen molar-refractivity contribution >= 4 is 5.91 Å². The first-order valence-corrected chi connectivity index (χ1v) is 8.85. The molecule has 3 aromatic rings. The first-order chi connectivity index (χ1) is 12.6. The fourth-order valence-corrected chi connectivity index (χ4v) is 3.52. The van der Waals surface area contributed by atoms with E-state index in [1.807, 2.05) is 46.3 Å². The second kappa shape index (κ2) is 6.74. The normalized spacial score (nSPS) is 14.2. The molecule has 0 bridgehead atoms. The molecule has 0 atom stereocenters. The molecule has 1 amide bonds. The van der Waals surface area contributed by atoms with Crippen LogP contribution in [0.1, 0.15) is 39.3 Å². The average molecular weight is 350 g/mol. The number of amides is 1. The molecule has 7 nitrogen and oxygen atoms in total. The molecule has 7 heteroatoms. The molecule has 4 rings (SSSR count). The Morgan fingerprint density at radius 3 is 2.69 bits per heavy atom. The average Bonchev–Trinajstić information content (AvgIpc) is 3.19. The van der Waals surface area contributed by atoms with Gasteiger partial charge >= 0.3 is 0 Å². The molecule has 1 aliphatic rings. The maximum Gasteiger partial charge on any atom is 0.254 e. The van der Waals surface area contributed by atoms with Gasteiger partial charge in [-0.1, -0.05) is 22.4 Å². The zero-order valence-electron chi connectivity index (χ0n) is 15.1. The standard InChI is InChI=1S/C19H22N6O/c1-14-8-15(2)10-16(9-14)19(26)24-5-3-6-25-18(12-24)17(21-22-25)11-23-7-4-20-13-23/h4,7-10,13H,3,5-6,11-12H2,1-2H3. The van der Waals surface area contributed by atoms with Crippen LogP contribution in [-0.2, 0) is 19.6 Å². The van der Waals surface area contributed by atoms with Crippen LogP contribution in [0.3, 0.4) is 0 Å². The largest absolute Gasteiger partial charge is 0.333 e. The topological polar surface area (TPSA) is 68.8 Å². The molecule has 3 heterocycles. The van der Waals surface area contributed by atoms with Crippen molar-refractivity contribution in [3.63, 3.8) is 0 Å². The summed E-state index contributed by atoms with van der Waals surface area (Å²) in [4.78, 5) is 19.1. The molecular formula is C19H22N6O. The van der Waals surface area contributed by atoms with Crippen LogP contribution >= 0.6 is 0 Å². The Morgan fingerprint density at radius 1 is 1.15 bits per heavy atom. The number of fused-ring (bicyclic) bond motifs is 1. The van der Waals surface area contributed by atoms with Gasteiger partial charge in [0.25, 0.3) is 5.91 Å². The van der Waals surface area contributed by atoms with Crippen LogP contribution in [0.4, 0.5) is 0 Å². The van der Waals surface area contributed by atoms with Gasteiger partial charge in [-0.2, -0.15) is 0 Å². The Kier molecular flexibility index (Phi) is 4.28. The number of benzene rings is 1. The van der Waals surface area contributed by atoms with E-state index in [0.717, 1.165) is 47.6 Å². The van der Waals surface area contributed by atoms with Gasteiger partial charge in [-0.05, 0) is 32.4 Å². The SMILES string of the molecule is Cc1cc(C)cc(C(=O)N2CCCn3nnc(Cn4ccnc4)c3C2)c1. The van der Waals surface area contributed by atoms with Crippen molar-refractivity contribution in [1.29, 1.82) is 0 Å². The van der Waals surface area contributed by atoms with Gasteiger partial charge < -0.3 is 9.47 Å². The maximum absolute atomic E-state index is 13.1. The number of aromatic nitrogens is 5. The highest BCUT2D eigenvalue weighted by atomic mass is 16.2. The Morgan fingerprint density at radius 2 is 1.96 bits per heavy atom. The Bertz CT molecular complexity index is 907. The van der Waals surface area contributed by atoms with E-state index in [-0.39, 0.29) is 5.91 Å². The molecule has 0 radical (unpaired) electrons. The minimum atomic E-state index is 0.0695. The monoisotopic (exact) mass is 350 g/mol. The molecule has 0 spiro atoms. The molecule has 0 saturated carbocycles. The maximum atomic E-state index is 13.1. The highest BCUT2D eigenvalue weighted by Gasteiger charge is 2.24. The van der Waals surface area contributed by atoms with E-state index in [1.54, 1.807) is 12.5 Å². The summed E-state index contributed by atoms with van der Waals surface area (Å²) in [5, 5.41) is 8.62. The van der Waals surface area contributed by atoms with Crippen LogP contribution in [0.2, 0.25) is 0 Å². The predicted molar refractivity (Wildman–Crippen MR) is 96.6 cm³/mol. The first-order valence-electron chi connectivity index (χ1n) is 8.85. The number of hydrogen-bond acceptors (Lipinski definition) is 4. The molecule has 1 aromatic carbocycles. The third kappa shape index (κ3) is 3.24. The van der Waals surface area contributed by atoms with E-state index in [2.05, 4.69) is 21.4 Å². The Labute approximate surface area is 152 Å². The van der Waals surface area contributed by atoms with Crippen LogP contribution in [-0.4, -0.2) is 41.9 Å². The van der Waals surface area contributed by atoms with Crippen molar-refractivity contribution in [2.75, 3.05) is 6.54 Å². The summed E-state index contributed by atoms with van der Waals surface area (Å²) in [6.07, 6.45) is 6.29. The number of nitrogens with zero attached hydrogens (tertiary/aromatic N) is 6. The van der Waals surface area contributed by atoms with Gasteiger partial charge in [-0.25, -0.2) is 9.67 Å². The van der Waals surface area contributed by atoms with Crippen LogP contribution in [0.25, 0.3) is 0 Å². The summed E-state index contributed by atoms with van der Waals surface area (Å²) in [6.45, 7) is 6.69. The Balaban J connectivity index is 1.61. The highest BCUT2D eigenvalue weighted by molar-refractivity contribution is 5.94. The summed E-state index contributed by atoms with van der Waals surface area (Å²) in [7, 11) is 0. The molecule has 1 aliphatic heterocycles. The lowest BCUT2D eigenvalue weighted by Gasteiger charge is -2.21. The predicted octanol–water partition coefficient (Wildman–Crippen LogP) is 2.19. The molecule has 0 unspecified atom stereocenters. The lowest BCUT2D eigenvalue weighted by Crippen LogP contribution is -2.31. The fraction of sp³-hybridized carbons (Fsp3) is 0.368. The van der Waals surface area contributed by atoms with Crippen molar-refractivity contribution in [2.24, 2.45) is 0 Å². The lowest BCUT2D eigenvalue weighted by molar-refractivity contribution is 0.0745. The van der Waals surface area contributed by atoms with E-state index in [1.165, 1.54) is 0 Å². The smallest absolute Gasteiger partial charge is 0.254 e. The van der Waals surface area contributed by atoms with Crippen LogP contribution in [0.5, 0.6) is 0 Å². The number of carbonyl (C=O) groups excluding carboxylic acids is 1. The van der Waals surface area contributed by atoms with Gasteiger partial charge in [0.2, 0.25) is 0 Å². The summed E-state index contributed by atoms with van der Waals surface area (Å²) >= 11 is 0. The second-order valence-corrected chi connectivity index (χ2v) is 6.90. The highest BCUT2D eigenvalue weighted by Crippen LogP contribution is 2.19. The molecule has 0 saturated heterocycles. The third-order valence-corrected chi connectivity index (χ3v) is 4.70. The molecule has 0 fully saturated rings. The minimum Gasteiger partial charge on any atom is -0.333 e. The number of imidazole rings is 1. The third-order valence-electron chi connectivity index (χ3n) is 4.70. The summed E-state index contributed by atoms with van der Waals surface area (Å²) in [5.41, 5.74) is 4.86. The van der Waals surface area contributed by atoms with E-state index >= 15 is 0 Å². The number of carbonyl (C=O) groups is 1. The van der Waals surface area contributed by atoms with E-state index in [0.29, 0.717) is 13.1 Å². The van der Waals surface area contributed by atoms with Gasteiger partial charge in [0.1, 0.15) is 5.69 Å². The molecule has 0 N–H and O–H groups in total. The van der Waals surface area contributed by atoms with E-state index in [9.17, 15) is 4.79 Å². The minimum absolute atomic E-state index is 0.0695. The van der Waals surface area contributed by atoms with Crippen molar-refractivity contribution in [3.8, 4) is 0 Å². The fourth-order valence-electron chi connectivity index (χ4n) is 3.52. The van der Waals surface area contributed by atoms with Crippen LogP contribution < -0.4 is 0 Å².